The van der Waals surface area contributed by atoms with E-state index in [9.17, 15) is 4.79 Å². The largest absolute Gasteiger partial charge is 0.298 e. The van der Waals surface area contributed by atoms with Crippen molar-refractivity contribution in [2.45, 2.75) is 40.5 Å². The molecule has 0 bridgehead atoms. The molecule has 1 nitrogen and oxygen atoms in total. The van der Waals surface area contributed by atoms with Crippen LogP contribution < -0.4 is 0 Å². The number of carbonyl (C=O) groups excluding carboxylic acids is 1. The van der Waals surface area contributed by atoms with Crippen LogP contribution in [0.3, 0.4) is 0 Å². The lowest BCUT2D eigenvalue weighted by Crippen LogP contribution is -2.25. The van der Waals surface area contributed by atoms with Crippen molar-refractivity contribution in [2.75, 3.05) is 0 Å². The zero-order valence-corrected chi connectivity index (χ0v) is 10.3. The molecule has 0 aliphatic carbocycles. The summed E-state index contributed by atoms with van der Waals surface area (Å²) in [5, 5.41) is 0. The first-order valence-electron chi connectivity index (χ1n) is 5.43. The molecule has 0 radical (unpaired) electrons. The molecule has 1 atom stereocenters. The van der Waals surface area contributed by atoms with E-state index in [-0.39, 0.29) is 11.3 Å². The Labute approximate surface area is 92.5 Å². The van der Waals surface area contributed by atoms with Crippen LogP contribution in [0.5, 0.6) is 0 Å². The van der Waals surface area contributed by atoms with Gasteiger partial charge in [0.1, 0.15) is 5.78 Å². The summed E-state index contributed by atoms with van der Waals surface area (Å²) in [6.07, 6.45) is 0. The number of rotatable bonds is 2. The first kappa shape index (κ1) is 12.0. The van der Waals surface area contributed by atoms with Gasteiger partial charge >= 0.3 is 0 Å². The lowest BCUT2D eigenvalue weighted by Gasteiger charge is -2.22. The van der Waals surface area contributed by atoms with Gasteiger partial charge in [0.25, 0.3) is 0 Å². The van der Waals surface area contributed by atoms with E-state index in [4.69, 9.17) is 0 Å². The van der Waals surface area contributed by atoms with E-state index >= 15 is 0 Å². The van der Waals surface area contributed by atoms with Gasteiger partial charge in [-0.2, -0.15) is 0 Å². The van der Waals surface area contributed by atoms with Crippen molar-refractivity contribution in [3.8, 4) is 0 Å². The molecule has 0 amide bonds. The van der Waals surface area contributed by atoms with Crippen LogP contribution in [0.15, 0.2) is 24.3 Å². The van der Waals surface area contributed by atoms with E-state index in [1.165, 1.54) is 5.56 Å². The maximum atomic E-state index is 12.0. The van der Waals surface area contributed by atoms with Gasteiger partial charge in [-0.1, -0.05) is 57.5 Å². The number of carbonyl (C=O) groups is 1. The van der Waals surface area contributed by atoms with Crippen molar-refractivity contribution in [1.82, 2.24) is 0 Å². The molecule has 1 aromatic carbocycles. The van der Waals surface area contributed by atoms with Gasteiger partial charge in [-0.15, -0.1) is 0 Å². The molecule has 0 fully saturated rings. The minimum atomic E-state index is -0.260. The Bertz CT molecular complexity index is 341. The average molecular weight is 204 g/mol. The molecule has 0 saturated heterocycles. The van der Waals surface area contributed by atoms with Crippen LogP contribution in [0, 0.1) is 12.3 Å². The zero-order valence-electron chi connectivity index (χ0n) is 10.3. The molecule has 1 aromatic rings. The molecule has 0 spiro atoms. The van der Waals surface area contributed by atoms with Crippen molar-refractivity contribution in [3.05, 3.63) is 35.4 Å². The summed E-state index contributed by atoms with van der Waals surface area (Å²) in [6, 6.07) is 8.21. The van der Waals surface area contributed by atoms with Gasteiger partial charge < -0.3 is 0 Å². The highest BCUT2D eigenvalue weighted by Crippen LogP contribution is 2.27. The summed E-state index contributed by atoms with van der Waals surface area (Å²) in [5.74, 6) is 0.289. The number of ketones is 1. The molecule has 1 rings (SSSR count). The predicted molar refractivity (Wildman–Crippen MR) is 64.1 cm³/mol. The summed E-state index contributed by atoms with van der Waals surface area (Å²) in [6.45, 7) is 9.96. The summed E-state index contributed by atoms with van der Waals surface area (Å²) < 4.78 is 0. The van der Waals surface area contributed by atoms with Crippen molar-refractivity contribution >= 4 is 5.78 Å². The predicted octanol–water partition coefficient (Wildman–Crippen LogP) is 3.71. The van der Waals surface area contributed by atoms with E-state index < -0.39 is 0 Å². The molecule has 15 heavy (non-hydrogen) atoms. The van der Waals surface area contributed by atoms with Crippen LogP contribution in [0.4, 0.5) is 0 Å². The molecule has 1 unspecified atom stereocenters. The van der Waals surface area contributed by atoms with Gasteiger partial charge in [0.05, 0.1) is 0 Å². The second-order valence-electron chi connectivity index (χ2n) is 5.25. The fraction of sp³-hybridized carbons (Fsp3) is 0.500. The number of Topliss-reactive ketones (excluding diaryl/α,β-unsaturated/α-hetero) is 1. The summed E-state index contributed by atoms with van der Waals surface area (Å²) in [5.41, 5.74) is 2.08. The van der Waals surface area contributed by atoms with E-state index in [1.807, 2.05) is 39.8 Å². The van der Waals surface area contributed by atoms with Crippen LogP contribution in [-0.2, 0) is 4.79 Å². The minimum absolute atomic E-state index is 0.00870. The SMILES string of the molecule is Cc1ccc(C(C)C(=O)C(C)(C)C)cc1. The molecule has 0 aliphatic rings. The van der Waals surface area contributed by atoms with E-state index in [2.05, 4.69) is 19.1 Å². The maximum absolute atomic E-state index is 12.0. The molecule has 0 aliphatic heterocycles. The van der Waals surface area contributed by atoms with Crippen LogP contribution >= 0.6 is 0 Å². The summed E-state index contributed by atoms with van der Waals surface area (Å²) >= 11 is 0. The molecular weight excluding hydrogens is 184 g/mol. The van der Waals surface area contributed by atoms with Gasteiger partial charge in [0.2, 0.25) is 0 Å². The highest BCUT2D eigenvalue weighted by Gasteiger charge is 2.27. The van der Waals surface area contributed by atoms with Crippen molar-refractivity contribution in [2.24, 2.45) is 5.41 Å². The summed E-state index contributed by atoms with van der Waals surface area (Å²) in [4.78, 5) is 12.0. The Balaban J connectivity index is 2.90. The normalized spacial score (nSPS) is 13.7. The average Bonchev–Trinajstić information content (AvgIpc) is 2.15. The second kappa shape index (κ2) is 4.18. The number of hydrogen-bond donors (Lipinski definition) is 0. The van der Waals surface area contributed by atoms with Crippen molar-refractivity contribution in [1.29, 1.82) is 0 Å². The van der Waals surface area contributed by atoms with Crippen LogP contribution in [0.1, 0.15) is 44.7 Å². The third-order valence-electron chi connectivity index (χ3n) is 2.71. The van der Waals surface area contributed by atoms with Crippen molar-refractivity contribution < 1.29 is 4.79 Å². The summed E-state index contributed by atoms with van der Waals surface area (Å²) in [7, 11) is 0. The molecular formula is C14H20O. The Hall–Kier alpha value is -1.11. The molecule has 0 aromatic heterocycles. The third kappa shape index (κ3) is 2.92. The quantitative estimate of drug-likeness (QED) is 0.717. The molecule has 82 valence electrons. The number of aryl methyl sites for hydroxylation is 1. The fourth-order valence-electron chi connectivity index (χ4n) is 1.66. The highest BCUT2D eigenvalue weighted by molar-refractivity contribution is 5.89. The molecule has 0 N–H and O–H groups in total. The highest BCUT2D eigenvalue weighted by atomic mass is 16.1. The topological polar surface area (TPSA) is 17.1 Å². The van der Waals surface area contributed by atoms with Crippen LogP contribution in [-0.4, -0.2) is 5.78 Å². The Kier molecular flexibility index (Phi) is 3.33. The van der Waals surface area contributed by atoms with E-state index in [0.717, 1.165) is 5.56 Å². The van der Waals surface area contributed by atoms with Crippen LogP contribution in [0.2, 0.25) is 0 Å². The fourth-order valence-corrected chi connectivity index (χ4v) is 1.66. The smallest absolute Gasteiger partial charge is 0.145 e. The van der Waals surface area contributed by atoms with Gasteiger partial charge in [0.15, 0.2) is 0 Å². The van der Waals surface area contributed by atoms with Crippen molar-refractivity contribution in [3.63, 3.8) is 0 Å². The Morgan fingerprint density at radius 2 is 1.60 bits per heavy atom. The van der Waals surface area contributed by atoms with Crippen LogP contribution in [0.25, 0.3) is 0 Å². The van der Waals surface area contributed by atoms with E-state index in [1.54, 1.807) is 0 Å². The number of benzene rings is 1. The third-order valence-corrected chi connectivity index (χ3v) is 2.71. The van der Waals surface area contributed by atoms with Gasteiger partial charge in [-0.25, -0.2) is 0 Å². The monoisotopic (exact) mass is 204 g/mol. The standard InChI is InChI=1S/C14H20O/c1-10-6-8-12(9-7-10)11(2)13(15)14(3,4)5/h6-9,11H,1-5H3. The Morgan fingerprint density at radius 3 is 2.00 bits per heavy atom. The molecule has 0 saturated carbocycles. The lowest BCUT2D eigenvalue weighted by molar-refractivity contribution is -0.127. The lowest BCUT2D eigenvalue weighted by atomic mass is 9.81. The second-order valence-corrected chi connectivity index (χ2v) is 5.25. The van der Waals surface area contributed by atoms with Gasteiger partial charge in [-0.3, -0.25) is 4.79 Å². The van der Waals surface area contributed by atoms with Gasteiger partial charge in [0, 0.05) is 11.3 Å². The van der Waals surface area contributed by atoms with E-state index in [0.29, 0.717) is 5.78 Å². The molecule has 0 heterocycles. The molecule has 1 heteroatoms. The minimum Gasteiger partial charge on any atom is -0.298 e. The zero-order chi connectivity index (χ0) is 11.6. The maximum Gasteiger partial charge on any atom is 0.145 e. The van der Waals surface area contributed by atoms with Gasteiger partial charge in [-0.05, 0) is 12.5 Å². The first-order chi connectivity index (χ1) is 6.82. The number of hydrogen-bond acceptors (Lipinski definition) is 1. The Morgan fingerprint density at radius 1 is 1.13 bits per heavy atom. The first-order valence-corrected chi connectivity index (χ1v) is 5.43.